The van der Waals surface area contributed by atoms with Crippen LogP contribution in [-0.4, -0.2) is 65.3 Å². The summed E-state index contributed by atoms with van der Waals surface area (Å²) in [4.78, 5) is 24.2. The van der Waals surface area contributed by atoms with Gasteiger partial charge in [-0.25, -0.2) is 9.59 Å². The van der Waals surface area contributed by atoms with Gasteiger partial charge in [0.15, 0.2) is 0 Å². The van der Waals surface area contributed by atoms with E-state index in [1.54, 1.807) is 18.4 Å². The maximum Gasteiger partial charge on any atom is 0.490 e. The molecule has 0 radical (unpaired) electrons. The number of hydrogen-bond donors (Lipinski definition) is 2. The van der Waals surface area contributed by atoms with Gasteiger partial charge in [0.1, 0.15) is 5.76 Å². The SMILES string of the molecule is CN(CCCN(C)Cc1ccco1)Cc1ccc(C(=O)O)cc1.O=C(O)C(F)(F)F. The van der Waals surface area contributed by atoms with Gasteiger partial charge in [0.25, 0.3) is 0 Å². The molecule has 1 aromatic heterocycles. The highest BCUT2D eigenvalue weighted by Crippen LogP contribution is 2.13. The quantitative estimate of drug-likeness (QED) is 0.628. The minimum atomic E-state index is -5.08. The van der Waals surface area contributed by atoms with E-state index in [0.29, 0.717) is 5.56 Å². The molecule has 0 aliphatic heterocycles. The highest BCUT2D eigenvalue weighted by atomic mass is 19.4. The Morgan fingerprint density at radius 3 is 1.93 bits per heavy atom. The molecule has 2 rings (SSSR count). The van der Waals surface area contributed by atoms with Crippen molar-refractivity contribution >= 4 is 11.9 Å². The van der Waals surface area contributed by atoms with Gasteiger partial charge in [-0.3, -0.25) is 4.90 Å². The lowest BCUT2D eigenvalue weighted by molar-refractivity contribution is -0.192. The number of carboxylic acids is 2. The van der Waals surface area contributed by atoms with Crippen LogP contribution in [0.3, 0.4) is 0 Å². The molecule has 0 saturated heterocycles. The fourth-order valence-electron chi connectivity index (χ4n) is 2.50. The second-order valence-electron chi connectivity index (χ2n) is 6.71. The van der Waals surface area contributed by atoms with Crippen LogP contribution in [0.25, 0.3) is 0 Å². The molecule has 1 heterocycles. The van der Waals surface area contributed by atoms with Crippen molar-refractivity contribution in [3.8, 4) is 0 Å². The van der Waals surface area contributed by atoms with E-state index in [9.17, 15) is 18.0 Å². The number of nitrogens with zero attached hydrogens (tertiary/aromatic N) is 2. The Kier molecular flexibility index (Phi) is 10.1. The first-order valence-corrected chi connectivity index (χ1v) is 9.01. The molecular formula is C20H25F3N2O5. The van der Waals surface area contributed by atoms with Crippen molar-refractivity contribution in [1.29, 1.82) is 0 Å². The highest BCUT2D eigenvalue weighted by molar-refractivity contribution is 5.87. The summed E-state index contributed by atoms with van der Waals surface area (Å²) in [5.74, 6) is -2.66. The van der Waals surface area contributed by atoms with Crippen LogP contribution in [0.4, 0.5) is 13.2 Å². The molecule has 1 aromatic carbocycles. The van der Waals surface area contributed by atoms with Gasteiger partial charge in [-0.15, -0.1) is 0 Å². The number of carboxylic acid groups (broad SMARTS) is 2. The Balaban J connectivity index is 0.000000553. The molecule has 0 spiro atoms. The third-order valence-corrected chi connectivity index (χ3v) is 3.98. The predicted octanol–water partition coefficient (Wildman–Crippen LogP) is 3.57. The lowest BCUT2D eigenvalue weighted by Gasteiger charge is -2.20. The summed E-state index contributed by atoms with van der Waals surface area (Å²) in [6, 6.07) is 11.0. The van der Waals surface area contributed by atoms with Crippen molar-refractivity contribution < 1.29 is 37.4 Å². The van der Waals surface area contributed by atoms with E-state index in [1.807, 2.05) is 24.3 Å². The van der Waals surface area contributed by atoms with Crippen LogP contribution in [0.5, 0.6) is 0 Å². The maximum absolute atomic E-state index is 10.8. The summed E-state index contributed by atoms with van der Waals surface area (Å²) < 4.78 is 37.1. The second kappa shape index (κ2) is 12.0. The summed E-state index contributed by atoms with van der Waals surface area (Å²) >= 11 is 0. The number of aliphatic carboxylic acids is 1. The molecule has 30 heavy (non-hydrogen) atoms. The lowest BCUT2D eigenvalue weighted by Crippen LogP contribution is -2.25. The smallest absolute Gasteiger partial charge is 0.478 e. The van der Waals surface area contributed by atoms with Crippen LogP contribution >= 0.6 is 0 Å². The average Bonchev–Trinajstić information content (AvgIpc) is 3.14. The zero-order chi connectivity index (χ0) is 22.7. The molecule has 2 aromatic rings. The topological polar surface area (TPSA) is 94.2 Å². The van der Waals surface area contributed by atoms with Gasteiger partial charge in [-0.2, -0.15) is 13.2 Å². The number of hydrogen-bond acceptors (Lipinski definition) is 5. The first kappa shape index (κ1) is 25.2. The van der Waals surface area contributed by atoms with Crippen molar-refractivity contribution in [2.45, 2.75) is 25.7 Å². The molecule has 0 amide bonds. The maximum atomic E-state index is 10.8. The van der Waals surface area contributed by atoms with Gasteiger partial charge in [-0.05, 0) is 63.4 Å². The highest BCUT2D eigenvalue weighted by Gasteiger charge is 2.38. The zero-order valence-corrected chi connectivity index (χ0v) is 16.7. The van der Waals surface area contributed by atoms with Gasteiger partial charge in [-0.1, -0.05) is 12.1 Å². The van der Waals surface area contributed by atoms with E-state index in [1.165, 1.54) is 0 Å². The van der Waals surface area contributed by atoms with Gasteiger partial charge < -0.3 is 19.5 Å². The minimum Gasteiger partial charge on any atom is -0.478 e. The van der Waals surface area contributed by atoms with Crippen molar-refractivity contribution in [2.24, 2.45) is 0 Å². The van der Waals surface area contributed by atoms with E-state index in [0.717, 1.165) is 43.9 Å². The van der Waals surface area contributed by atoms with Crippen molar-refractivity contribution in [3.05, 3.63) is 59.5 Å². The lowest BCUT2D eigenvalue weighted by atomic mass is 10.1. The normalized spacial score (nSPS) is 11.3. The Labute approximate surface area is 172 Å². The van der Waals surface area contributed by atoms with Crippen LogP contribution in [0.2, 0.25) is 0 Å². The van der Waals surface area contributed by atoms with E-state index in [-0.39, 0.29) is 0 Å². The molecule has 7 nitrogen and oxygen atoms in total. The van der Waals surface area contributed by atoms with Gasteiger partial charge in [0.05, 0.1) is 18.4 Å². The largest absolute Gasteiger partial charge is 0.490 e. The van der Waals surface area contributed by atoms with Crippen LogP contribution in [0.1, 0.15) is 28.1 Å². The third-order valence-electron chi connectivity index (χ3n) is 3.98. The Hall–Kier alpha value is -2.85. The van der Waals surface area contributed by atoms with E-state index in [4.69, 9.17) is 19.4 Å². The molecular weight excluding hydrogens is 405 g/mol. The van der Waals surface area contributed by atoms with Crippen molar-refractivity contribution in [3.63, 3.8) is 0 Å². The number of aromatic carboxylic acids is 1. The molecule has 0 atom stereocenters. The van der Waals surface area contributed by atoms with Crippen molar-refractivity contribution in [1.82, 2.24) is 9.80 Å². The second-order valence-corrected chi connectivity index (χ2v) is 6.71. The van der Waals surface area contributed by atoms with Gasteiger partial charge in [0.2, 0.25) is 0 Å². The summed E-state index contributed by atoms with van der Waals surface area (Å²) in [5, 5.41) is 16.0. The first-order chi connectivity index (χ1) is 14.0. The zero-order valence-electron chi connectivity index (χ0n) is 16.7. The number of alkyl halides is 3. The van der Waals surface area contributed by atoms with Crippen LogP contribution in [0.15, 0.2) is 47.1 Å². The Morgan fingerprint density at radius 2 is 1.50 bits per heavy atom. The Morgan fingerprint density at radius 1 is 0.967 bits per heavy atom. The number of carbonyl (C=O) groups is 2. The number of halogens is 3. The molecule has 0 fully saturated rings. The van der Waals surface area contributed by atoms with Crippen LogP contribution in [0, 0.1) is 0 Å². The third kappa shape index (κ3) is 10.1. The molecule has 0 bridgehead atoms. The van der Waals surface area contributed by atoms with Crippen LogP contribution < -0.4 is 0 Å². The fraction of sp³-hybridized carbons (Fsp3) is 0.400. The summed E-state index contributed by atoms with van der Waals surface area (Å²) in [5.41, 5.74) is 1.46. The molecule has 0 unspecified atom stereocenters. The number of furan rings is 1. The number of rotatable bonds is 9. The van der Waals surface area contributed by atoms with E-state index < -0.39 is 18.1 Å². The molecule has 0 aliphatic carbocycles. The molecule has 0 saturated carbocycles. The summed E-state index contributed by atoms with van der Waals surface area (Å²) in [6.07, 6.45) is -2.31. The minimum absolute atomic E-state index is 0.330. The summed E-state index contributed by atoms with van der Waals surface area (Å²) in [7, 11) is 4.17. The molecule has 2 N–H and O–H groups in total. The van der Waals surface area contributed by atoms with Gasteiger partial charge in [0, 0.05) is 6.54 Å². The van der Waals surface area contributed by atoms with Crippen molar-refractivity contribution in [2.75, 3.05) is 27.2 Å². The standard InChI is InChI=1S/C18H24N2O3.C2HF3O2/c1-19(13-15-6-8-16(9-7-15)18(21)22)10-4-11-20(2)14-17-5-3-12-23-17;3-2(4,5)1(6)7/h3,5-9,12H,4,10-11,13-14H2,1-2H3,(H,21,22);(H,6,7). The monoisotopic (exact) mass is 430 g/mol. The molecule has 10 heteroatoms. The molecule has 166 valence electrons. The Bertz CT molecular complexity index is 777. The van der Waals surface area contributed by atoms with E-state index in [2.05, 4.69) is 23.9 Å². The summed E-state index contributed by atoms with van der Waals surface area (Å²) in [6.45, 7) is 3.64. The average molecular weight is 430 g/mol. The molecule has 0 aliphatic rings. The first-order valence-electron chi connectivity index (χ1n) is 9.01. The fourth-order valence-corrected chi connectivity index (χ4v) is 2.50. The predicted molar refractivity (Wildman–Crippen MR) is 103 cm³/mol. The van der Waals surface area contributed by atoms with Crippen LogP contribution in [-0.2, 0) is 17.9 Å². The van der Waals surface area contributed by atoms with E-state index >= 15 is 0 Å². The number of benzene rings is 1. The van der Waals surface area contributed by atoms with Gasteiger partial charge >= 0.3 is 18.1 Å².